The second kappa shape index (κ2) is 8.36. The van der Waals surface area contributed by atoms with Crippen molar-refractivity contribution in [3.8, 4) is 17.2 Å². The van der Waals surface area contributed by atoms with Crippen molar-refractivity contribution in [3.05, 3.63) is 53.6 Å². The Morgan fingerprint density at radius 3 is 2.68 bits per heavy atom. The van der Waals surface area contributed by atoms with Crippen molar-refractivity contribution in [2.45, 2.75) is 50.6 Å². The molecule has 1 saturated carbocycles. The summed E-state index contributed by atoms with van der Waals surface area (Å²) in [6.07, 6.45) is 6.45. The molecule has 5 rings (SSSR count). The van der Waals surface area contributed by atoms with E-state index < -0.39 is 0 Å². The average molecular weight is 416 g/mol. The molecule has 0 unspecified atom stereocenters. The van der Waals surface area contributed by atoms with Crippen LogP contribution in [0.5, 0.6) is 0 Å². The number of hydrogen-bond donors (Lipinski definition) is 2. The van der Waals surface area contributed by atoms with E-state index in [9.17, 15) is 15.2 Å². The van der Waals surface area contributed by atoms with E-state index in [2.05, 4.69) is 34.5 Å². The topological polar surface area (TPSA) is 76.4 Å². The Morgan fingerprint density at radius 2 is 1.90 bits per heavy atom. The molecule has 1 aliphatic carbocycles. The van der Waals surface area contributed by atoms with Gasteiger partial charge in [-0.05, 0) is 60.2 Å². The van der Waals surface area contributed by atoms with Gasteiger partial charge < -0.3 is 15.3 Å². The Labute approximate surface area is 183 Å². The molecule has 2 N–H and O–H groups in total. The number of aliphatic hydroxyl groups excluding tert-OH is 1. The first-order valence-electron chi connectivity index (χ1n) is 11.5. The summed E-state index contributed by atoms with van der Waals surface area (Å²) in [5.41, 5.74) is 4.84. The number of carbonyl (C=O) groups is 1. The van der Waals surface area contributed by atoms with Crippen molar-refractivity contribution >= 4 is 11.6 Å². The third kappa shape index (κ3) is 3.59. The van der Waals surface area contributed by atoms with Gasteiger partial charge in [0.15, 0.2) is 0 Å². The van der Waals surface area contributed by atoms with Crippen molar-refractivity contribution < 1.29 is 9.90 Å². The van der Waals surface area contributed by atoms with Crippen molar-refractivity contribution in [1.82, 2.24) is 4.90 Å². The molecule has 3 aliphatic rings. The minimum absolute atomic E-state index is 0.00178. The molecule has 2 aliphatic heterocycles. The van der Waals surface area contributed by atoms with Crippen molar-refractivity contribution in [2.24, 2.45) is 11.8 Å². The lowest BCUT2D eigenvalue weighted by Gasteiger charge is -2.40. The maximum absolute atomic E-state index is 13.5. The first-order valence-corrected chi connectivity index (χ1v) is 11.5. The standard InChI is InChI=1S/C26H29N3O2/c27-15-17-5-4-8-19(13-17)20-9-10-23-22(14-20)25-21(24(16-30)28-23)11-12-29(25)26(31)18-6-2-1-3-7-18/h4-5,8-10,13-14,18,21,24-25,28,30H,1-3,6-7,11-12,16H2/t21-,24+,25-/m0/s1. The summed E-state index contributed by atoms with van der Waals surface area (Å²) in [6.45, 7) is 0.828. The van der Waals surface area contributed by atoms with Crippen LogP contribution in [0.2, 0.25) is 0 Å². The van der Waals surface area contributed by atoms with Crippen LogP contribution in [0.1, 0.15) is 55.7 Å². The van der Waals surface area contributed by atoms with Gasteiger partial charge in [0.05, 0.1) is 30.3 Å². The third-order valence-electron chi connectivity index (χ3n) is 7.43. The fourth-order valence-electron chi connectivity index (χ4n) is 5.84. The lowest BCUT2D eigenvalue weighted by Crippen LogP contribution is -2.44. The Bertz CT molecular complexity index is 1020. The van der Waals surface area contributed by atoms with E-state index in [-0.39, 0.29) is 30.5 Å². The molecule has 5 heteroatoms. The number of hydrogen-bond acceptors (Lipinski definition) is 4. The van der Waals surface area contributed by atoms with E-state index in [4.69, 9.17) is 0 Å². The minimum atomic E-state index is -0.0329. The first-order chi connectivity index (χ1) is 15.2. The normalized spacial score (nSPS) is 25.3. The smallest absolute Gasteiger partial charge is 0.226 e. The van der Waals surface area contributed by atoms with Gasteiger partial charge in [0.2, 0.25) is 5.91 Å². The number of rotatable bonds is 3. The Kier molecular flexibility index (Phi) is 5.41. The zero-order valence-electron chi connectivity index (χ0n) is 17.8. The minimum Gasteiger partial charge on any atom is -0.394 e. The number of nitriles is 1. The number of nitrogens with one attached hydrogen (secondary N) is 1. The highest BCUT2D eigenvalue weighted by Gasteiger charge is 2.46. The zero-order chi connectivity index (χ0) is 21.4. The zero-order valence-corrected chi connectivity index (χ0v) is 17.8. The number of amides is 1. The molecule has 5 nitrogen and oxygen atoms in total. The highest BCUT2D eigenvalue weighted by molar-refractivity contribution is 5.81. The molecule has 1 amide bonds. The van der Waals surface area contributed by atoms with Gasteiger partial charge in [-0.2, -0.15) is 5.26 Å². The van der Waals surface area contributed by atoms with E-state index in [1.54, 1.807) is 0 Å². The molecule has 0 radical (unpaired) electrons. The second-order valence-corrected chi connectivity index (χ2v) is 9.19. The maximum atomic E-state index is 13.5. The fourth-order valence-corrected chi connectivity index (χ4v) is 5.84. The number of likely N-dealkylation sites (tertiary alicyclic amines) is 1. The van der Waals surface area contributed by atoms with Crippen LogP contribution in [0.25, 0.3) is 11.1 Å². The molecule has 2 fully saturated rings. The van der Waals surface area contributed by atoms with Crippen molar-refractivity contribution in [1.29, 1.82) is 5.26 Å². The van der Waals surface area contributed by atoms with Gasteiger partial charge in [-0.1, -0.05) is 37.5 Å². The monoisotopic (exact) mass is 415 g/mol. The van der Waals surface area contributed by atoms with Gasteiger partial charge in [-0.25, -0.2) is 0 Å². The lowest BCUT2D eigenvalue weighted by atomic mass is 9.81. The molecule has 2 aromatic carbocycles. The van der Waals surface area contributed by atoms with Crippen LogP contribution >= 0.6 is 0 Å². The third-order valence-corrected chi connectivity index (χ3v) is 7.43. The summed E-state index contributed by atoms with van der Waals surface area (Å²) >= 11 is 0. The fraction of sp³-hybridized carbons (Fsp3) is 0.462. The van der Waals surface area contributed by atoms with E-state index in [0.29, 0.717) is 11.5 Å². The highest BCUT2D eigenvalue weighted by atomic mass is 16.3. The number of fused-ring (bicyclic) bond motifs is 3. The molecule has 0 spiro atoms. The number of benzene rings is 2. The molecular weight excluding hydrogens is 386 g/mol. The van der Waals surface area contributed by atoms with E-state index in [0.717, 1.165) is 61.0 Å². The molecule has 2 aromatic rings. The summed E-state index contributed by atoms with van der Waals surface area (Å²) in [7, 11) is 0. The van der Waals surface area contributed by atoms with Crippen LogP contribution in [0.15, 0.2) is 42.5 Å². The van der Waals surface area contributed by atoms with Crippen LogP contribution in [-0.4, -0.2) is 35.1 Å². The predicted molar refractivity (Wildman–Crippen MR) is 120 cm³/mol. The van der Waals surface area contributed by atoms with Crippen molar-refractivity contribution in [2.75, 3.05) is 18.5 Å². The number of aliphatic hydroxyl groups is 1. The van der Waals surface area contributed by atoms with Crippen LogP contribution in [0.4, 0.5) is 5.69 Å². The van der Waals surface area contributed by atoms with Gasteiger partial charge >= 0.3 is 0 Å². The van der Waals surface area contributed by atoms with Crippen LogP contribution in [-0.2, 0) is 4.79 Å². The summed E-state index contributed by atoms with van der Waals surface area (Å²) in [5, 5.41) is 22.8. The van der Waals surface area contributed by atoms with Gasteiger partial charge in [-0.15, -0.1) is 0 Å². The molecule has 31 heavy (non-hydrogen) atoms. The Morgan fingerprint density at radius 1 is 1.10 bits per heavy atom. The van der Waals surface area contributed by atoms with E-state index in [1.807, 2.05) is 24.3 Å². The molecule has 0 aromatic heterocycles. The molecule has 3 atom stereocenters. The SMILES string of the molecule is N#Cc1cccc(-c2ccc3c(c2)[C@@H]2[C@@H](CCN2C(=O)C2CCCCC2)[C@@H](CO)N3)c1. The Balaban J connectivity index is 1.53. The number of nitrogens with zero attached hydrogens (tertiary/aromatic N) is 2. The van der Waals surface area contributed by atoms with Crippen molar-refractivity contribution in [3.63, 3.8) is 0 Å². The summed E-state index contributed by atoms with van der Waals surface area (Å²) < 4.78 is 0. The van der Waals surface area contributed by atoms with Gasteiger partial charge in [0.25, 0.3) is 0 Å². The number of carbonyl (C=O) groups excluding carboxylic acids is 1. The molecular formula is C26H29N3O2. The van der Waals surface area contributed by atoms with Gasteiger partial charge in [-0.3, -0.25) is 4.79 Å². The number of anilines is 1. The highest BCUT2D eigenvalue weighted by Crippen LogP contribution is 2.48. The molecule has 1 saturated heterocycles. The first kappa shape index (κ1) is 20.1. The molecule has 160 valence electrons. The lowest BCUT2D eigenvalue weighted by molar-refractivity contribution is -0.138. The quantitative estimate of drug-likeness (QED) is 0.775. The largest absolute Gasteiger partial charge is 0.394 e. The summed E-state index contributed by atoms with van der Waals surface area (Å²) in [5.74, 6) is 0.660. The predicted octanol–water partition coefficient (Wildman–Crippen LogP) is 4.48. The van der Waals surface area contributed by atoms with Crippen LogP contribution < -0.4 is 5.32 Å². The molecule has 0 bridgehead atoms. The second-order valence-electron chi connectivity index (χ2n) is 9.19. The summed E-state index contributed by atoms with van der Waals surface area (Å²) in [6, 6.07) is 16.1. The maximum Gasteiger partial charge on any atom is 0.226 e. The average Bonchev–Trinajstić information content (AvgIpc) is 3.29. The van der Waals surface area contributed by atoms with E-state index in [1.165, 1.54) is 6.42 Å². The van der Waals surface area contributed by atoms with Crippen LogP contribution in [0.3, 0.4) is 0 Å². The molecule has 2 heterocycles. The summed E-state index contributed by atoms with van der Waals surface area (Å²) in [4.78, 5) is 15.6. The van der Waals surface area contributed by atoms with E-state index >= 15 is 0 Å². The Hall–Kier alpha value is -2.84. The van der Waals surface area contributed by atoms with Gasteiger partial charge in [0, 0.05) is 24.1 Å². The van der Waals surface area contributed by atoms with Crippen LogP contribution in [0, 0.1) is 23.2 Å². The van der Waals surface area contributed by atoms with Gasteiger partial charge in [0.1, 0.15) is 0 Å².